The average Bonchev–Trinajstić information content (AvgIpc) is 3.05. The Labute approximate surface area is 268 Å². The van der Waals surface area contributed by atoms with Gasteiger partial charge >= 0.3 is 0 Å². The molecule has 46 heavy (non-hydrogen) atoms. The van der Waals surface area contributed by atoms with E-state index in [4.69, 9.17) is 4.74 Å². The number of sulfonamides is 3. The largest absolute Gasteiger partial charge is 0.495 e. The highest BCUT2D eigenvalue weighted by atomic mass is 32.2. The Hall–Kier alpha value is -4.28. The number of piperazine rings is 1. The van der Waals surface area contributed by atoms with Crippen LogP contribution < -0.4 is 14.8 Å². The smallest absolute Gasteiger partial charge is 0.262 e. The van der Waals surface area contributed by atoms with Gasteiger partial charge in [0.05, 0.1) is 27.5 Å². The molecule has 2 N–H and O–H groups in total. The third-order valence-electron chi connectivity index (χ3n) is 7.36. The topological polar surface area (TPSA) is 159 Å². The molecule has 12 nitrogen and oxygen atoms in total. The zero-order valence-corrected chi connectivity index (χ0v) is 27.3. The van der Waals surface area contributed by atoms with Gasteiger partial charge in [-0.15, -0.1) is 0 Å². The summed E-state index contributed by atoms with van der Waals surface area (Å²) in [6.07, 6.45) is 0. The molecule has 1 heterocycles. The second-order valence-corrected chi connectivity index (χ2v) is 16.0. The van der Waals surface area contributed by atoms with E-state index in [0.29, 0.717) is 5.75 Å². The summed E-state index contributed by atoms with van der Waals surface area (Å²) in [6, 6.07) is 24.1. The quantitative estimate of drug-likeness (QED) is 0.257. The average molecular weight is 685 g/mol. The number of carbonyl (C=O) groups is 1. The van der Waals surface area contributed by atoms with Crippen molar-refractivity contribution in [1.82, 2.24) is 8.61 Å². The number of rotatable bonds is 10. The van der Waals surface area contributed by atoms with Crippen LogP contribution >= 0.6 is 0 Å². The lowest BCUT2D eigenvalue weighted by Gasteiger charge is -2.38. The van der Waals surface area contributed by atoms with E-state index in [1.54, 1.807) is 54.6 Å². The van der Waals surface area contributed by atoms with Crippen molar-refractivity contribution in [2.24, 2.45) is 0 Å². The predicted molar refractivity (Wildman–Crippen MR) is 173 cm³/mol. The summed E-state index contributed by atoms with van der Waals surface area (Å²) < 4.78 is 90.2. The van der Waals surface area contributed by atoms with Gasteiger partial charge in [-0.2, -0.15) is 8.61 Å². The number of hydrogen-bond donors (Lipinski definition) is 2. The van der Waals surface area contributed by atoms with Crippen molar-refractivity contribution in [2.45, 2.75) is 27.7 Å². The van der Waals surface area contributed by atoms with Gasteiger partial charge in [-0.1, -0.05) is 42.5 Å². The molecule has 0 aliphatic carbocycles. The van der Waals surface area contributed by atoms with Crippen LogP contribution in [0, 0.1) is 6.92 Å². The minimum absolute atomic E-state index is 0.0159. The lowest BCUT2D eigenvalue weighted by atomic mass is 10.2. The SMILES string of the molecule is COc1ccc(C)cc1NS(=O)(=O)c1ccc(NC(=O)[C@H]2CN(S(=O)(=O)c3ccccc3)CCN2S(=O)(=O)c2ccccc2)cc1. The number of benzene rings is 4. The first-order valence-corrected chi connectivity index (χ1v) is 18.4. The number of carbonyl (C=O) groups excluding carboxylic acids is 1. The van der Waals surface area contributed by atoms with E-state index in [1.165, 1.54) is 55.6 Å². The summed E-state index contributed by atoms with van der Waals surface area (Å²) in [5.74, 6) is -0.449. The molecule has 5 rings (SSSR count). The second-order valence-electron chi connectivity index (χ2n) is 10.4. The molecule has 4 aromatic carbocycles. The number of hydrogen-bond acceptors (Lipinski definition) is 8. The van der Waals surface area contributed by atoms with Crippen LogP contribution in [0.3, 0.4) is 0 Å². The molecule has 1 fully saturated rings. The van der Waals surface area contributed by atoms with Gasteiger partial charge in [-0.25, -0.2) is 25.3 Å². The van der Waals surface area contributed by atoms with Gasteiger partial charge in [0, 0.05) is 25.3 Å². The molecule has 0 unspecified atom stereocenters. The van der Waals surface area contributed by atoms with E-state index >= 15 is 0 Å². The molecular weight excluding hydrogens is 653 g/mol. The maximum Gasteiger partial charge on any atom is 0.262 e. The summed E-state index contributed by atoms with van der Waals surface area (Å²) in [4.78, 5) is 13.6. The number of aryl methyl sites for hydroxylation is 1. The van der Waals surface area contributed by atoms with Gasteiger partial charge in [-0.05, 0) is 73.2 Å². The van der Waals surface area contributed by atoms with Crippen molar-refractivity contribution >= 4 is 47.4 Å². The maximum atomic E-state index is 13.7. The molecule has 0 aromatic heterocycles. The molecular formula is C31H32N4O8S3. The summed E-state index contributed by atoms with van der Waals surface area (Å²) >= 11 is 0. The van der Waals surface area contributed by atoms with Crippen LogP contribution in [-0.2, 0) is 34.9 Å². The third kappa shape index (κ3) is 6.93. The van der Waals surface area contributed by atoms with Crippen LogP contribution in [-0.4, -0.2) is 72.6 Å². The van der Waals surface area contributed by atoms with Crippen molar-refractivity contribution in [3.8, 4) is 5.75 Å². The minimum Gasteiger partial charge on any atom is -0.495 e. The summed E-state index contributed by atoms with van der Waals surface area (Å²) in [5, 5.41) is 2.63. The molecule has 1 amide bonds. The molecule has 0 radical (unpaired) electrons. The fourth-order valence-electron chi connectivity index (χ4n) is 4.98. The first kappa shape index (κ1) is 33.1. The molecule has 0 spiro atoms. The Kier molecular flexibility index (Phi) is 9.51. The summed E-state index contributed by atoms with van der Waals surface area (Å²) in [6.45, 7) is 0.929. The van der Waals surface area contributed by atoms with Crippen molar-refractivity contribution in [3.63, 3.8) is 0 Å². The fourth-order valence-corrected chi connectivity index (χ4v) is 9.09. The van der Waals surface area contributed by atoms with Crippen LogP contribution in [0.4, 0.5) is 11.4 Å². The Bertz CT molecular complexity index is 2040. The van der Waals surface area contributed by atoms with E-state index in [-0.39, 0.29) is 39.2 Å². The van der Waals surface area contributed by atoms with Gasteiger partial charge < -0.3 is 10.1 Å². The molecule has 4 aromatic rings. The van der Waals surface area contributed by atoms with Gasteiger partial charge in [0.2, 0.25) is 26.0 Å². The first-order valence-electron chi connectivity index (χ1n) is 14.0. The van der Waals surface area contributed by atoms with Crippen LogP contribution in [0.5, 0.6) is 5.75 Å². The summed E-state index contributed by atoms with van der Waals surface area (Å²) in [5.41, 5.74) is 1.25. The number of amides is 1. The number of ether oxygens (including phenoxy) is 1. The normalized spacial score (nSPS) is 16.4. The van der Waals surface area contributed by atoms with Crippen molar-refractivity contribution in [3.05, 3.63) is 109 Å². The monoisotopic (exact) mass is 684 g/mol. The van der Waals surface area contributed by atoms with Crippen LogP contribution in [0.15, 0.2) is 118 Å². The first-order chi connectivity index (χ1) is 21.8. The Balaban J connectivity index is 1.40. The van der Waals surface area contributed by atoms with Crippen LogP contribution in [0.1, 0.15) is 5.56 Å². The molecule has 15 heteroatoms. The number of anilines is 2. The zero-order chi connectivity index (χ0) is 33.1. The zero-order valence-electron chi connectivity index (χ0n) is 24.9. The second kappa shape index (κ2) is 13.2. The van der Waals surface area contributed by atoms with E-state index < -0.39 is 48.6 Å². The fraction of sp³-hybridized carbons (Fsp3) is 0.194. The van der Waals surface area contributed by atoms with Crippen LogP contribution in [0.2, 0.25) is 0 Å². The number of nitrogens with zero attached hydrogens (tertiary/aromatic N) is 2. The van der Waals surface area contributed by atoms with Crippen molar-refractivity contribution < 1.29 is 34.8 Å². The standard InChI is InChI=1S/C31H32N4O8S3/c1-23-13-18-30(43-2)28(21-23)33-44(37,38)25-16-14-24(15-17-25)32-31(36)29-22-34(45(39,40)26-9-5-3-6-10-26)19-20-35(29)46(41,42)27-11-7-4-8-12-27/h3-18,21,29,33H,19-20,22H2,1-2H3,(H,32,36)/t29-/m1/s1. The molecule has 1 aliphatic rings. The lowest BCUT2D eigenvalue weighted by molar-refractivity contribution is -0.120. The van der Waals surface area contributed by atoms with Gasteiger partial charge in [-0.3, -0.25) is 9.52 Å². The Morgan fingerprint density at radius 1 is 0.739 bits per heavy atom. The Morgan fingerprint density at radius 2 is 1.33 bits per heavy atom. The number of methoxy groups -OCH3 is 1. The van der Waals surface area contributed by atoms with Gasteiger partial charge in [0.25, 0.3) is 10.0 Å². The van der Waals surface area contributed by atoms with Crippen molar-refractivity contribution in [2.75, 3.05) is 36.8 Å². The molecule has 1 aliphatic heterocycles. The molecule has 1 atom stereocenters. The third-order valence-corrected chi connectivity index (χ3v) is 12.5. The van der Waals surface area contributed by atoms with E-state index in [9.17, 15) is 30.0 Å². The minimum atomic E-state index is -4.19. The van der Waals surface area contributed by atoms with Gasteiger partial charge in [0.15, 0.2) is 0 Å². The molecule has 0 saturated carbocycles. The number of nitrogens with one attached hydrogen (secondary N) is 2. The molecule has 242 valence electrons. The molecule has 1 saturated heterocycles. The van der Waals surface area contributed by atoms with E-state index in [0.717, 1.165) is 14.2 Å². The maximum absolute atomic E-state index is 13.7. The van der Waals surface area contributed by atoms with E-state index in [1.807, 2.05) is 6.92 Å². The summed E-state index contributed by atoms with van der Waals surface area (Å²) in [7, 11) is -10.9. The van der Waals surface area contributed by atoms with Crippen molar-refractivity contribution in [1.29, 1.82) is 0 Å². The highest BCUT2D eigenvalue weighted by Gasteiger charge is 2.43. The lowest BCUT2D eigenvalue weighted by Crippen LogP contribution is -2.60. The highest BCUT2D eigenvalue weighted by molar-refractivity contribution is 7.92. The molecule has 0 bridgehead atoms. The van der Waals surface area contributed by atoms with Crippen LogP contribution in [0.25, 0.3) is 0 Å². The van der Waals surface area contributed by atoms with E-state index in [2.05, 4.69) is 10.0 Å². The predicted octanol–water partition coefficient (Wildman–Crippen LogP) is 3.51. The Morgan fingerprint density at radius 3 is 1.91 bits per heavy atom. The van der Waals surface area contributed by atoms with Gasteiger partial charge in [0.1, 0.15) is 11.8 Å². The highest BCUT2D eigenvalue weighted by Crippen LogP contribution is 2.29.